The van der Waals surface area contributed by atoms with Crippen LogP contribution >= 0.6 is 7.82 Å². The lowest BCUT2D eigenvalue weighted by Gasteiger charge is -2.24. The highest BCUT2D eigenvalue weighted by Crippen LogP contribution is 2.43. The van der Waals surface area contributed by atoms with E-state index in [4.69, 9.17) is 18.5 Å². The first-order valence-corrected chi connectivity index (χ1v) is 25.7. The van der Waals surface area contributed by atoms with Gasteiger partial charge in [-0.2, -0.15) is 0 Å². The molecule has 368 valence electrons. The van der Waals surface area contributed by atoms with Gasteiger partial charge in [-0.15, -0.1) is 0 Å². The van der Waals surface area contributed by atoms with Gasteiger partial charge in [-0.3, -0.25) is 18.6 Å². The third kappa shape index (κ3) is 49.1. The number of rotatable bonds is 41. The molecule has 0 saturated heterocycles. The summed E-state index contributed by atoms with van der Waals surface area (Å²) in [6.07, 6.45) is 69.1. The highest BCUT2D eigenvalue weighted by molar-refractivity contribution is 7.47. The minimum absolute atomic E-state index is 0.000101. The molecule has 1 N–H and O–H groups in total. The monoisotopic (exact) mass is 933 g/mol. The first kappa shape index (κ1) is 61.6. The molecule has 0 aliphatic rings. The van der Waals surface area contributed by atoms with Gasteiger partial charge in [0.25, 0.3) is 0 Å². The van der Waals surface area contributed by atoms with Crippen LogP contribution in [0.1, 0.15) is 129 Å². The van der Waals surface area contributed by atoms with Crippen LogP contribution in [0.4, 0.5) is 0 Å². The second-order valence-corrected chi connectivity index (χ2v) is 17.8. The highest BCUT2D eigenvalue weighted by Gasteiger charge is 2.27. The number of unbranched alkanes of at least 4 members (excludes halogenated alkanes) is 1. The highest BCUT2D eigenvalue weighted by atomic mass is 31.2. The van der Waals surface area contributed by atoms with Crippen molar-refractivity contribution >= 4 is 19.8 Å². The van der Waals surface area contributed by atoms with Gasteiger partial charge in [0, 0.05) is 12.8 Å². The van der Waals surface area contributed by atoms with E-state index in [2.05, 4.69) is 154 Å². The molecule has 0 spiro atoms. The number of phosphoric acid groups is 1. The molecule has 0 amide bonds. The van der Waals surface area contributed by atoms with E-state index in [0.29, 0.717) is 30.3 Å². The molecule has 2 atom stereocenters. The molecule has 0 aromatic rings. The Kier molecular flexibility index (Phi) is 42.7. The Morgan fingerprint density at radius 3 is 1.18 bits per heavy atom. The molecule has 66 heavy (non-hydrogen) atoms. The molecule has 0 rings (SSSR count). The van der Waals surface area contributed by atoms with Crippen LogP contribution < -0.4 is 0 Å². The van der Waals surface area contributed by atoms with Crippen LogP contribution in [0.2, 0.25) is 0 Å². The number of esters is 2. The van der Waals surface area contributed by atoms with Crippen LogP contribution in [0.15, 0.2) is 158 Å². The fourth-order valence-corrected chi connectivity index (χ4v) is 6.12. The first-order chi connectivity index (χ1) is 32.0. The van der Waals surface area contributed by atoms with E-state index >= 15 is 0 Å². The number of likely N-dealkylation sites (N-methyl/N-ethyl adjacent to an activating group) is 1. The molecule has 0 radical (unpaired) electrons. The van der Waals surface area contributed by atoms with Crippen LogP contribution in [0, 0.1) is 0 Å². The Hall–Kier alpha value is -4.37. The Morgan fingerprint density at radius 2 is 0.818 bits per heavy atom. The van der Waals surface area contributed by atoms with Crippen molar-refractivity contribution in [1.82, 2.24) is 0 Å². The van der Waals surface area contributed by atoms with Gasteiger partial charge in [-0.05, 0) is 103 Å². The average molecular weight is 933 g/mol. The van der Waals surface area contributed by atoms with Crippen LogP contribution in [0.5, 0.6) is 0 Å². The van der Waals surface area contributed by atoms with Crippen molar-refractivity contribution in [3.05, 3.63) is 158 Å². The molecule has 0 saturated carbocycles. The molecule has 0 aliphatic heterocycles. The van der Waals surface area contributed by atoms with Gasteiger partial charge in [-0.25, -0.2) is 4.57 Å². The summed E-state index contributed by atoms with van der Waals surface area (Å²) in [5.41, 5.74) is 0. The summed E-state index contributed by atoms with van der Waals surface area (Å²) in [6.45, 7) is 3.99. The molecule has 0 bridgehead atoms. The number of phosphoric ester groups is 1. The van der Waals surface area contributed by atoms with Crippen molar-refractivity contribution in [2.75, 3.05) is 47.5 Å². The SMILES string of the molecule is CC/C=C\C/C=C\C/C=C\C/C=C\C/C=C\C/C=C\C/C=C\C/C=C\C/C=C\CCCC(=O)OC(COC(=O)CC/C=C\C/C=C\C/C=C\C/C=C\CC)COP(=O)(O)OCC[N+](C)(C)C. The molecule has 0 aromatic heterocycles. The molecule has 0 fully saturated rings. The molecule has 0 aromatic carbocycles. The fraction of sp³-hybridized carbons (Fsp3) is 0.500. The molecule has 0 heterocycles. The van der Waals surface area contributed by atoms with Crippen molar-refractivity contribution in [3.63, 3.8) is 0 Å². The van der Waals surface area contributed by atoms with Crippen molar-refractivity contribution in [2.24, 2.45) is 0 Å². The predicted octanol–water partition coefficient (Wildman–Crippen LogP) is 14.6. The van der Waals surface area contributed by atoms with Gasteiger partial charge in [0.1, 0.15) is 19.8 Å². The number of allylic oxidation sites excluding steroid dienone is 26. The van der Waals surface area contributed by atoms with E-state index < -0.39 is 32.5 Å². The number of hydrogen-bond donors (Lipinski definition) is 1. The predicted molar refractivity (Wildman–Crippen MR) is 279 cm³/mol. The molecule has 9 nitrogen and oxygen atoms in total. The third-order valence-corrected chi connectivity index (χ3v) is 10.1. The second-order valence-electron chi connectivity index (χ2n) is 16.4. The molecule has 10 heteroatoms. The summed E-state index contributed by atoms with van der Waals surface area (Å²) in [5.74, 6) is -0.983. The Balaban J connectivity index is 4.47. The maximum Gasteiger partial charge on any atom is 0.472 e. The smallest absolute Gasteiger partial charge is 0.462 e. The van der Waals surface area contributed by atoms with Gasteiger partial charge >= 0.3 is 19.8 Å². The largest absolute Gasteiger partial charge is 0.472 e. The Bertz CT molecular complexity index is 1670. The minimum atomic E-state index is -4.42. The fourth-order valence-electron chi connectivity index (χ4n) is 5.38. The quantitative estimate of drug-likeness (QED) is 0.0212. The number of nitrogens with zero attached hydrogens (tertiary/aromatic N) is 1. The number of hydrogen-bond acceptors (Lipinski definition) is 7. The summed E-state index contributed by atoms with van der Waals surface area (Å²) in [6, 6.07) is 0. The lowest BCUT2D eigenvalue weighted by Crippen LogP contribution is -2.37. The molecule has 2 unspecified atom stereocenters. The van der Waals surface area contributed by atoms with Crippen molar-refractivity contribution in [1.29, 1.82) is 0 Å². The van der Waals surface area contributed by atoms with Gasteiger partial charge in [0.15, 0.2) is 6.10 Å². The van der Waals surface area contributed by atoms with E-state index in [-0.39, 0.29) is 26.1 Å². The third-order valence-electron chi connectivity index (χ3n) is 9.07. The summed E-state index contributed by atoms with van der Waals surface area (Å²) in [4.78, 5) is 35.4. The number of carbonyl (C=O) groups is 2. The van der Waals surface area contributed by atoms with E-state index in [0.717, 1.165) is 83.5 Å². The van der Waals surface area contributed by atoms with Crippen molar-refractivity contribution in [3.8, 4) is 0 Å². The summed E-state index contributed by atoms with van der Waals surface area (Å²) in [7, 11) is 1.37. The minimum Gasteiger partial charge on any atom is -0.462 e. The zero-order valence-electron chi connectivity index (χ0n) is 41.3. The van der Waals surface area contributed by atoms with Crippen LogP contribution in [-0.4, -0.2) is 74.9 Å². The topological polar surface area (TPSA) is 108 Å². The Labute approximate surface area is 401 Å². The summed E-state index contributed by atoms with van der Waals surface area (Å²) >= 11 is 0. The normalized spacial score (nSPS) is 14.8. The lowest BCUT2D eigenvalue weighted by molar-refractivity contribution is -0.870. The molecular formula is C56H87NO8P+. The zero-order chi connectivity index (χ0) is 48.5. The van der Waals surface area contributed by atoms with Crippen molar-refractivity contribution < 1.29 is 42.1 Å². The molecule has 0 aliphatic carbocycles. The summed E-state index contributed by atoms with van der Waals surface area (Å²) in [5, 5.41) is 0. The van der Waals surface area contributed by atoms with E-state index in [1.165, 1.54) is 0 Å². The first-order valence-electron chi connectivity index (χ1n) is 24.2. The van der Waals surface area contributed by atoms with Gasteiger partial charge in [-0.1, -0.05) is 172 Å². The van der Waals surface area contributed by atoms with Crippen LogP contribution in [-0.2, 0) is 32.7 Å². The van der Waals surface area contributed by atoms with Gasteiger partial charge in [0.2, 0.25) is 0 Å². The van der Waals surface area contributed by atoms with E-state index in [9.17, 15) is 19.0 Å². The van der Waals surface area contributed by atoms with Gasteiger partial charge < -0.3 is 18.9 Å². The molecular weight excluding hydrogens is 846 g/mol. The number of quaternary nitrogens is 1. The number of ether oxygens (including phenoxy) is 2. The maximum absolute atomic E-state index is 12.7. The van der Waals surface area contributed by atoms with E-state index in [1.54, 1.807) is 0 Å². The second kappa shape index (κ2) is 45.8. The van der Waals surface area contributed by atoms with Crippen LogP contribution in [0.25, 0.3) is 0 Å². The summed E-state index contributed by atoms with van der Waals surface area (Å²) < 4.78 is 34.2. The maximum atomic E-state index is 12.7. The zero-order valence-corrected chi connectivity index (χ0v) is 42.2. The van der Waals surface area contributed by atoms with Gasteiger partial charge in [0.05, 0.1) is 27.7 Å². The lowest BCUT2D eigenvalue weighted by atomic mass is 10.2. The van der Waals surface area contributed by atoms with Crippen LogP contribution in [0.3, 0.4) is 0 Å². The van der Waals surface area contributed by atoms with E-state index in [1.807, 2.05) is 39.4 Å². The number of carbonyl (C=O) groups excluding carboxylic acids is 2. The standard InChI is InChI=1S/C56H86NO8P/c1-6-8-10-12-14-16-18-20-21-22-23-24-25-26-27-28-29-30-31-32-33-34-35-37-39-41-43-45-47-49-56(59)65-54(53-64-66(60,61)63-51-50-57(3,4)5)52-62-55(58)48-46-44-42-40-38-36-19-17-15-13-11-9-7-2/h8-11,14-17,20-21,23-24,26-27,29-30,32-33,35-38,41-44,54H,6-7,12-13,18-19,22,25,28,31,34,39-40,45-53H2,1-5H3/p+1/b10-8-,11-9-,16-14-,17-15-,21-20-,24-23-,27-26-,30-29-,33-32-,37-35-,38-36-,43-41-,44-42-. The van der Waals surface area contributed by atoms with Crippen molar-refractivity contribution in [2.45, 2.75) is 136 Å². The average Bonchev–Trinajstić information content (AvgIpc) is 3.27. The Morgan fingerprint density at radius 1 is 0.470 bits per heavy atom.